The highest BCUT2D eigenvalue weighted by Gasteiger charge is 2.22. The Morgan fingerprint density at radius 3 is 2.71 bits per heavy atom. The molecule has 0 N–H and O–H groups in total. The highest BCUT2D eigenvalue weighted by molar-refractivity contribution is 6.14. The molecule has 2 aliphatic heterocycles. The van der Waals surface area contributed by atoms with Crippen LogP contribution in [-0.4, -0.2) is 73.6 Å². The predicted octanol–water partition coefficient (Wildman–Crippen LogP) is 1.99. The molecule has 0 radical (unpaired) electrons. The standard InChI is InChI=1S/C21H27N5O2/c1-15(13-27-3)28-17-5-4-16-12-22-21(18(16)10-17)19-11-20(24-14-23-19)26-8-6-25(2)7-9-26/h4-5,10-11,14-15H,6-9,12-13H2,1-3H3/t15-/m0/s1. The van der Waals surface area contributed by atoms with Crippen LogP contribution in [0.15, 0.2) is 35.6 Å². The fourth-order valence-corrected chi connectivity index (χ4v) is 3.64. The summed E-state index contributed by atoms with van der Waals surface area (Å²) in [7, 11) is 3.83. The molecule has 148 valence electrons. The van der Waals surface area contributed by atoms with Crippen LogP contribution in [0, 0.1) is 0 Å². The molecular weight excluding hydrogens is 354 g/mol. The minimum Gasteiger partial charge on any atom is -0.488 e. The average Bonchev–Trinajstić information content (AvgIpc) is 3.12. The normalized spacial score (nSPS) is 18.0. The van der Waals surface area contributed by atoms with Crippen LogP contribution < -0.4 is 9.64 Å². The van der Waals surface area contributed by atoms with E-state index in [1.54, 1.807) is 13.4 Å². The second-order valence-electron chi connectivity index (χ2n) is 7.42. The minimum absolute atomic E-state index is 0.00673. The molecule has 3 heterocycles. The molecule has 1 saturated heterocycles. The molecule has 7 heteroatoms. The quantitative estimate of drug-likeness (QED) is 0.763. The summed E-state index contributed by atoms with van der Waals surface area (Å²) in [4.78, 5) is 18.4. The van der Waals surface area contributed by atoms with Crippen molar-refractivity contribution in [2.45, 2.75) is 19.6 Å². The van der Waals surface area contributed by atoms with E-state index in [4.69, 9.17) is 14.5 Å². The van der Waals surface area contributed by atoms with Gasteiger partial charge in [0.1, 0.15) is 24.0 Å². The van der Waals surface area contributed by atoms with E-state index in [-0.39, 0.29) is 6.10 Å². The first-order chi connectivity index (χ1) is 13.6. The molecule has 2 aromatic rings. The Hall–Kier alpha value is -2.51. The molecule has 0 amide bonds. The van der Waals surface area contributed by atoms with Crippen molar-refractivity contribution in [3.05, 3.63) is 47.4 Å². The zero-order valence-corrected chi connectivity index (χ0v) is 16.8. The molecule has 7 nitrogen and oxygen atoms in total. The summed E-state index contributed by atoms with van der Waals surface area (Å²) < 4.78 is 11.1. The number of methoxy groups -OCH3 is 1. The van der Waals surface area contributed by atoms with Crippen LogP contribution in [0.3, 0.4) is 0 Å². The Morgan fingerprint density at radius 1 is 1.11 bits per heavy atom. The SMILES string of the molecule is COC[C@H](C)Oc1ccc2c(c1)C(c1cc(N3CCN(C)CC3)ncn1)=NC2. The van der Waals surface area contributed by atoms with Gasteiger partial charge in [0.2, 0.25) is 0 Å². The van der Waals surface area contributed by atoms with E-state index in [9.17, 15) is 0 Å². The van der Waals surface area contributed by atoms with Gasteiger partial charge in [-0.3, -0.25) is 4.99 Å². The lowest BCUT2D eigenvalue weighted by atomic mass is 10.0. The van der Waals surface area contributed by atoms with Gasteiger partial charge in [-0.15, -0.1) is 0 Å². The van der Waals surface area contributed by atoms with Gasteiger partial charge in [0.15, 0.2) is 0 Å². The van der Waals surface area contributed by atoms with Crippen LogP contribution in [0.25, 0.3) is 0 Å². The number of rotatable bonds is 6. The zero-order chi connectivity index (χ0) is 19.5. The molecule has 0 aliphatic carbocycles. The summed E-state index contributed by atoms with van der Waals surface area (Å²) in [6, 6.07) is 8.20. The van der Waals surface area contributed by atoms with E-state index in [0.29, 0.717) is 13.2 Å². The lowest BCUT2D eigenvalue weighted by molar-refractivity contribution is 0.0921. The van der Waals surface area contributed by atoms with Gasteiger partial charge in [0.05, 0.1) is 24.6 Å². The van der Waals surface area contributed by atoms with Crippen molar-refractivity contribution in [3.63, 3.8) is 0 Å². The number of aliphatic imine (C=N–C) groups is 1. The molecule has 2 aliphatic rings. The number of anilines is 1. The molecule has 1 aromatic carbocycles. The first-order valence-electron chi connectivity index (χ1n) is 9.73. The maximum Gasteiger partial charge on any atom is 0.132 e. The predicted molar refractivity (Wildman–Crippen MR) is 109 cm³/mol. The Kier molecular flexibility index (Phi) is 5.54. The van der Waals surface area contributed by atoms with Crippen molar-refractivity contribution in [1.29, 1.82) is 0 Å². The van der Waals surface area contributed by atoms with Crippen molar-refractivity contribution in [3.8, 4) is 5.75 Å². The Bertz CT molecular complexity index is 862. The van der Waals surface area contributed by atoms with Crippen molar-refractivity contribution >= 4 is 11.5 Å². The van der Waals surface area contributed by atoms with Crippen LogP contribution in [0.5, 0.6) is 5.75 Å². The third-order valence-electron chi connectivity index (χ3n) is 5.21. The van der Waals surface area contributed by atoms with Gasteiger partial charge in [-0.1, -0.05) is 6.07 Å². The largest absolute Gasteiger partial charge is 0.488 e. The van der Waals surface area contributed by atoms with Crippen molar-refractivity contribution in [1.82, 2.24) is 14.9 Å². The van der Waals surface area contributed by atoms with Gasteiger partial charge in [-0.25, -0.2) is 9.97 Å². The molecule has 1 fully saturated rings. The van der Waals surface area contributed by atoms with Gasteiger partial charge in [0, 0.05) is 44.9 Å². The van der Waals surface area contributed by atoms with E-state index < -0.39 is 0 Å². The van der Waals surface area contributed by atoms with Crippen LogP contribution in [0.2, 0.25) is 0 Å². The topological polar surface area (TPSA) is 63.1 Å². The number of aromatic nitrogens is 2. The Labute approximate surface area is 166 Å². The smallest absolute Gasteiger partial charge is 0.132 e. The van der Waals surface area contributed by atoms with E-state index in [2.05, 4.69) is 45.0 Å². The molecule has 0 unspecified atom stereocenters. The maximum atomic E-state index is 5.97. The lowest BCUT2D eigenvalue weighted by Crippen LogP contribution is -2.44. The zero-order valence-electron chi connectivity index (χ0n) is 16.8. The summed E-state index contributed by atoms with van der Waals surface area (Å²) in [5, 5.41) is 0. The van der Waals surface area contributed by atoms with Gasteiger partial charge in [-0.05, 0) is 31.7 Å². The van der Waals surface area contributed by atoms with E-state index in [1.165, 1.54) is 5.56 Å². The third-order valence-corrected chi connectivity index (χ3v) is 5.21. The molecule has 0 spiro atoms. The fraction of sp³-hybridized carbons (Fsp3) is 0.476. The summed E-state index contributed by atoms with van der Waals surface area (Å²) in [6.45, 7) is 7.27. The van der Waals surface area contributed by atoms with Crippen molar-refractivity contribution in [2.75, 3.05) is 51.8 Å². The first-order valence-corrected chi connectivity index (χ1v) is 9.73. The number of likely N-dealkylation sites (N-methyl/N-ethyl adjacent to an activating group) is 1. The van der Waals surface area contributed by atoms with Gasteiger partial charge in [0.25, 0.3) is 0 Å². The van der Waals surface area contributed by atoms with Crippen molar-refractivity contribution < 1.29 is 9.47 Å². The second kappa shape index (κ2) is 8.24. The molecule has 4 rings (SSSR count). The molecule has 1 atom stereocenters. The van der Waals surface area contributed by atoms with Gasteiger partial charge >= 0.3 is 0 Å². The van der Waals surface area contributed by atoms with E-state index >= 15 is 0 Å². The maximum absolute atomic E-state index is 5.97. The number of benzene rings is 1. The van der Waals surface area contributed by atoms with Crippen LogP contribution in [-0.2, 0) is 11.3 Å². The van der Waals surface area contributed by atoms with E-state index in [1.807, 2.05) is 13.0 Å². The van der Waals surface area contributed by atoms with Crippen LogP contribution in [0.1, 0.15) is 23.7 Å². The molecule has 0 saturated carbocycles. The van der Waals surface area contributed by atoms with E-state index in [0.717, 1.165) is 54.7 Å². The summed E-state index contributed by atoms with van der Waals surface area (Å²) in [5.74, 6) is 1.79. The number of ether oxygens (including phenoxy) is 2. The minimum atomic E-state index is -0.00673. The number of hydrogen-bond acceptors (Lipinski definition) is 7. The Balaban J connectivity index is 1.56. The van der Waals surface area contributed by atoms with Crippen molar-refractivity contribution in [2.24, 2.45) is 4.99 Å². The molecule has 1 aromatic heterocycles. The fourth-order valence-electron chi connectivity index (χ4n) is 3.64. The van der Waals surface area contributed by atoms with Crippen LogP contribution >= 0.6 is 0 Å². The highest BCUT2D eigenvalue weighted by atomic mass is 16.5. The number of hydrogen-bond donors (Lipinski definition) is 0. The molecule has 28 heavy (non-hydrogen) atoms. The average molecular weight is 381 g/mol. The van der Waals surface area contributed by atoms with Gasteiger partial charge < -0.3 is 19.3 Å². The highest BCUT2D eigenvalue weighted by Crippen LogP contribution is 2.28. The summed E-state index contributed by atoms with van der Waals surface area (Å²) in [5.41, 5.74) is 4.06. The Morgan fingerprint density at radius 2 is 1.93 bits per heavy atom. The summed E-state index contributed by atoms with van der Waals surface area (Å²) in [6.07, 6.45) is 1.64. The number of nitrogens with zero attached hydrogens (tertiary/aromatic N) is 5. The molecular formula is C21H27N5O2. The molecule has 0 bridgehead atoms. The van der Waals surface area contributed by atoms with Gasteiger partial charge in [-0.2, -0.15) is 0 Å². The second-order valence-corrected chi connectivity index (χ2v) is 7.42. The third kappa shape index (κ3) is 4.00. The van der Waals surface area contributed by atoms with Crippen LogP contribution in [0.4, 0.5) is 5.82 Å². The monoisotopic (exact) mass is 381 g/mol. The lowest BCUT2D eigenvalue weighted by Gasteiger charge is -2.33. The number of fused-ring (bicyclic) bond motifs is 1. The summed E-state index contributed by atoms with van der Waals surface area (Å²) >= 11 is 0. The number of piperazine rings is 1. The first kappa shape index (κ1) is 18.8.